The molecule has 0 spiro atoms. The maximum absolute atomic E-state index is 14.6. The maximum Gasteiger partial charge on any atom is 0.243 e. The van der Waals surface area contributed by atoms with Gasteiger partial charge in [-0.15, -0.1) is 11.8 Å². The Morgan fingerprint density at radius 1 is 0.971 bits per heavy atom. The van der Waals surface area contributed by atoms with Crippen LogP contribution in [0.25, 0.3) is 0 Å². The number of amides is 2. The van der Waals surface area contributed by atoms with Crippen molar-refractivity contribution in [2.45, 2.75) is 44.6 Å². The van der Waals surface area contributed by atoms with Gasteiger partial charge in [0.05, 0.1) is 5.75 Å². The molecule has 4 nitrogen and oxygen atoms in total. The van der Waals surface area contributed by atoms with E-state index in [-0.39, 0.29) is 30.2 Å². The number of nitrogens with one attached hydrogen (secondary N) is 1. The Morgan fingerprint density at radius 3 is 2.34 bits per heavy atom. The van der Waals surface area contributed by atoms with E-state index in [9.17, 15) is 14.0 Å². The molecule has 0 radical (unpaired) electrons. The van der Waals surface area contributed by atoms with Gasteiger partial charge in [-0.1, -0.05) is 72.3 Å². The Balaban J connectivity index is 1.85. The van der Waals surface area contributed by atoms with Crippen molar-refractivity contribution in [1.82, 2.24) is 10.2 Å². The maximum atomic E-state index is 14.6. The smallest absolute Gasteiger partial charge is 0.243 e. The van der Waals surface area contributed by atoms with Crippen molar-refractivity contribution in [2.24, 2.45) is 0 Å². The van der Waals surface area contributed by atoms with Gasteiger partial charge >= 0.3 is 0 Å². The molecule has 1 atom stereocenters. The molecule has 3 aromatic carbocycles. The molecule has 1 N–H and O–H groups in total. The summed E-state index contributed by atoms with van der Waals surface area (Å²) in [7, 11) is 0. The molecular weight excluding hydrogens is 483 g/mol. The normalized spacial score (nSPS) is 11.8. The molecule has 7 heteroatoms. The highest BCUT2D eigenvalue weighted by atomic mass is 35.5. The molecule has 0 heterocycles. The van der Waals surface area contributed by atoms with Crippen LogP contribution < -0.4 is 5.32 Å². The van der Waals surface area contributed by atoms with E-state index in [1.165, 1.54) is 22.7 Å². The van der Waals surface area contributed by atoms with Crippen LogP contribution in [0.15, 0.2) is 78.9 Å². The Kier molecular flexibility index (Phi) is 10.2. The number of carbonyl (C=O) groups excluding carboxylic acids is 2. The molecule has 0 saturated heterocycles. The van der Waals surface area contributed by atoms with E-state index in [0.29, 0.717) is 22.8 Å². The standard InChI is InChI=1S/C28H30ClFN2O2S/c1-20(2)31-28(34)26(16-21-9-4-3-5-10-21)32(17-23-12-6-7-14-25(23)30)27(33)19-35-18-22-11-8-13-24(29)15-22/h3-15,20,26H,16-19H2,1-2H3,(H,31,34)/t26-/m1/s1. The highest BCUT2D eigenvalue weighted by Gasteiger charge is 2.31. The predicted molar refractivity (Wildman–Crippen MR) is 142 cm³/mol. The lowest BCUT2D eigenvalue weighted by atomic mass is 10.0. The molecule has 0 aliphatic rings. The first-order chi connectivity index (χ1) is 16.8. The number of thioether (sulfide) groups is 1. The van der Waals surface area contributed by atoms with Gasteiger partial charge in [0.25, 0.3) is 0 Å². The number of nitrogens with zero attached hydrogens (tertiary/aromatic N) is 1. The molecule has 0 aliphatic heterocycles. The van der Waals surface area contributed by atoms with Crippen LogP contribution in [0.3, 0.4) is 0 Å². The lowest BCUT2D eigenvalue weighted by Crippen LogP contribution is -2.52. The summed E-state index contributed by atoms with van der Waals surface area (Å²) in [5, 5.41) is 3.58. The van der Waals surface area contributed by atoms with Gasteiger partial charge in [0.15, 0.2) is 0 Å². The van der Waals surface area contributed by atoms with Crippen LogP contribution in [0.5, 0.6) is 0 Å². The van der Waals surface area contributed by atoms with Gasteiger partial charge in [0.1, 0.15) is 11.9 Å². The van der Waals surface area contributed by atoms with Gasteiger partial charge in [0, 0.05) is 35.3 Å². The van der Waals surface area contributed by atoms with Crippen molar-refractivity contribution >= 4 is 35.2 Å². The molecule has 0 aliphatic carbocycles. The highest BCUT2D eigenvalue weighted by molar-refractivity contribution is 7.99. The van der Waals surface area contributed by atoms with Crippen LogP contribution in [0.2, 0.25) is 5.02 Å². The van der Waals surface area contributed by atoms with Crippen LogP contribution in [0, 0.1) is 5.82 Å². The highest BCUT2D eigenvalue weighted by Crippen LogP contribution is 2.21. The average molecular weight is 513 g/mol. The van der Waals surface area contributed by atoms with Gasteiger partial charge < -0.3 is 10.2 Å². The fraction of sp³-hybridized carbons (Fsp3) is 0.286. The lowest BCUT2D eigenvalue weighted by Gasteiger charge is -2.32. The zero-order valence-corrected chi connectivity index (χ0v) is 21.5. The summed E-state index contributed by atoms with van der Waals surface area (Å²) >= 11 is 7.51. The van der Waals surface area contributed by atoms with Crippen molar-refractivity contribution < 1.29 is 14.0 Å². The number of carbonyl (C=O) groups is 2. The summed E-state index contributed by atoms with van der Waals surface area (Å²) in [6.07, 6.45) is 0.332. The van der Waals surface area contributed by atoms with Crippen LogP contribution in [-0.4, -0.2) is 34.6 Å². The molecule has 2 amide bonds. The molecule has 3 rings (SSSR count). The number of hydrogen-bond donors (Lipinski definition) is 1. The van der Waals surface area contributed by atoms with Crippen molar-refractivity contribution in [2.75, 3.05) is 5.75 Å². The van der Waals surface area contributed by atoms with Gasteiger partial charge in [0.2, 0.25) is 11.8 Å². The number of rotatable bonds is 11. The fourth-order valence-corrected chi connectivity index (χ4v) is 4.78. The first kappa shape index (κ1) is 26.8. The summed E-state index contributed by atoms with van der Waals surface area (Å²) in [6.45, 7) is 3.76. The second kappa shape index (κ2) is 13.3. The molecule has 0 aromatic heterocycles. The van der Waals surface area contributed by atoms with E-state index in [0.717, 1.165) is 11.1 Å². The molecule has 184 valence electrons. The van der Waals surface area contributed by atoms with Crippen molar-refractivity contribution in [3.63, 3.8) is 0 Å². The zero-order valence-electron chi connectivity index (χ0n) is 19.9. The van der Waals surface area contributed by atoms with Crippen LogP contribution in [-0.2, 0) is 28.3 Å². The first-order valence-corrected chi connectivity index (χ1v) is 13.1. The number of hydrogen-bond acceptors (Lipinski definition) is 3. The minimum absolute atomic E-state index is 0.00620. The monoisotopic (exact) mass is 512 g/mol. The van der Waals surface area contributed by atoms with Gasteiger partial charge in [-0.3, -0.25) is 9.59 Å². The minimum Gasteiger partial charge on any atom is -0.352 e. The summed E-state index contributed by atoms with van der Waals surface area (Å²) in [5.74, 6) is -0.129. The molecule has 0 fully saturated rings. The lowest BCUT2D eigenvalue weighted by molar-refractivity contribution is -0.139. The summed E-state index contributed by atoms with van der Waals surface area (Å²) in [5.41, 5.74) is 2.31. The Hall–Kier alpha value is -2.83. The van der Waals surface area contributed by atoms with Crippen LogP contribution in [0.1, 0.15) is 30.5 Å². The molecule has 35 heavy (non-hydrogen) atoms. The summed E-state index contributed by atoms with van der Waals surface area (Å²) in [4.78, 5) is 28.3. The summed E-state index contributed by atoms with van der Waals surface area (Å²) in [6, 6.07) is 22.5. The third-order valence-corrected chi connectivity index (χ3v) is 6.61. The molecule has 0 unspecified atom stereocenters. The first-order valence-electron chi connectivity index (χ1n) is 11.5. The van der Waals surface area contributed by atoms with E-state index in [2.05, 4.69) is 5.32 Å². The van der Waals surface area contributed by atoms with E-state index in [1.54, 1.807) is 24.3 Å². The van der Waals surface area contributed by atoms with Gasteiger partial charge in [-0.2, -0.15) is 0 Å². The third kappa shape index (κ3) is 8.41. The average Bonchev–Trinajstić information content (AvgIpc) is 2.82. The van der Waals surface area contributed by atoms with Crippen molar-refractivity contribution in [3.05, 3.63) is 106 Å². The molecule has 0 saturated carbocycles. The van der Waals surface area contributed by atoms with E-state index >= 15 is 0 Å². The zero-order chi connectivity index (χ0) is 25.2. The number of halogens is 2. The Bertz CT molecular complexity index is 1130. The van der Waals surface area contributed by atoms with Gasteiger partial charge in [-0.25, -0.2) is 4.39 Å². The summed E-state index contributed by atoms with van der Waals surface area (Å²) < 4.78 is 14.6. The molecule has 3 aromatic rings. The van der Waals surface area contributed by atoms with Crippen LogP contribution >= 0.6 is 23.4 Å². The quantitative estimate of drug-likeness (QED) is 0.349. The number of benzene rings is 3. The fourth-order valence-electron chi connectivity index (χ4n) is 3.71. The van der Waals surface area contributed by atoms with E-state index in [4.69, 9.17) is 11.6 Å². The van der Waals surface area contributed by atoms with E-state index < -0.39 is 11.9 Å². The minimum atomic E-state index is -0.779. The second-order valence-electron chi connectivity index (χ2n) is 8.60. The van der Waals surface area contributed by atoms with Gasteiger partial charge in [-0.05, 0) is 43.2 Å². The van der Waals surface area contributed by atoms with E-state index in [1.807, 2.05) is 62.4 Å². The Labute approximate surface area is 215 Å². The predicted octanol–water partition coefficient (Wildman–Crippen LogP) is 5.88. The molecule has 0 bridgehead atoms. The molecular formula is C28H30ClFN2O2S. The third-order valence-electron chi connectivity index (χ3n) is 5.38. The largest absolute Gasteiger partial charge is 0.352 e. The van der Waals surface area contributed by atoms with Crippen molar-refractivity contribution in [1.29, 1.82) is 0 Å². The second-order valence-corrected chi connectivity index (χ2v) is 10.0. The van der Waals surface area contributed by atoms with Crippen molar-refractivity contribution in [3.8, 4) is 0 Å². The SMILES string of the molecule is CC(C)NC(=O)[C@@H](Cc1ccccc1)N(Cc1ccccc1F)C(=O)CSCc1cccc(Cl)c1. The topological polar surface area (TPSA) is 49.4 Å². The van der Waals surface area contributed by atoms with Crippen LogP contribution in [0.4, 0.5) is 4.39 Å². The Morgan fingerprint density at radius 2 is 1.66 bits per heavy atom.